The zero-order valence-electron chi connectivity index (χ0n) is 9.27. The Kier molecular flexibility index (Phi) is 4.70. The Morgan fingerprint density at radius 3 is 2.81 bits per heavy atom. The Hall–Kier alpha value is -1.14. The van der Waals surface area contributed by atoms with Crippen LogP contribution >= 0.6 is 0 Å². The van der Waals surface area contributed by atoms with Crippen molar-refractivity contribution in [2.75, 3.05) is 13.1 Å². The first kappa shape index (κ1) is 12.9. The average molecular weight is 230 g/mol. The highest BCUT2D eigenvalue weighted by atomic mass is 16.4. The third-order valence-corrected chi connectivity index (χ3v) is 2.74. The number of aliphatic hydroxyl groups is 1. The van der Waals surface area contributed by atoms with Gasteiger partial charge < -0.3 is 20.8 Å². The third kappa shape index (κ3) is 3.79. The van der Waals surface area contributed by atoms with E-state index in [2.05, 4.69) is 17.6 Å². The first-order valence-corrected chi connectivity index (χ1v) is 5.42. The molecule has 16 heavy (non-hydrogen) atoms. The molecule has 0 radical (unpaired) electrons. The van der Waals surface area contributed by atoms with Crippen molar-refractivity contribution in [1.82, 2.24) is 10.6 Å². The Labute approximate surface area is 94.0 Å². The van der Waals surface area contributed by atoms with Crippen LogP contribution < -0.4 is 10.6 Å². The normalized spacial score (nSPS) is 27.1. The lowest BCUT2D eigenvalue weighted by molar-refractivity contribution is -0.146. The highest BCUT2D eigenvalue weighted by molar-refractivity contribution is 5.82. The quantitative estimate of drug-likeness (QED) is 0.493. The molecule has 0 spiro atoms. The van der Waals surface area contributed by atoms with E-state index in [4.69, 9.17) is 10.2 Å². The van der Waals surface area contributed by atoms with Crippen molar-refractivity contribution in [2.45, 2.75) is 31.9 Å². The first-order valence-electron chi connectivity index (χ1n) is 5.42. The number of hydrogen-bond donors (Lipinski definition) is 4. The second-order valence-corrected chi connectivity index (χ2v) is 4.24. The van der Waals surface area contributed by atoms with Crippen LogP contribution in [0.1, 0.15) is 19.8 Å². The molecular formula is C10H18N2O4. The number of hydrogen-bond acceptors (Lipinski definition) is 4. The largest absolute Gasteiger partial charge is 0.479 e. The average Bonchev–Trinajstić information content (AvgIpc) is 2.25. The Morgan fingerprint density at radius 1 is 1.56 bits per heavy atom. The lowest BCUT2D eigenvalue weighted by Crippen LogP contribution is -2.50. The predicted molar refractivity (Wildman–Crippen MR) is 56.8 cm³/mol. The summed E-state index contributed by atoms with van der Waals surface area (Å²) in [5.41, 5.74) is 0. The summed E-state index contributed by atoms with van der Waals surface area (Å²) < 4.78 is 0. The standard InChI is InChI=1S/C10H18N2O4/c1-6-2-3-11-7(4-6)9(14)12-5-8(13)10(15)16/h6-8,11,13H,2-5H2,1H3,(H,12,14)(H,15,16)/t6?,7?,8-/m0/s1. The van der Waals surface area contributed by atoms with Crippen molar-refractivity contribution in [3.63, 3.8) is 0 Å². The third-order valence-electron chi connectivity index (χ3n) is 2.74. The van der Waals surface area contributed by atoms with Gasteiger partial charge in [-0.1, -0.05) is 6.92 Å². The van der Waals surface area contributed by atoms with E-state index >= 15 is 0 Å². The van der Waals surface area contributed by atoms with Gasteiger partial charge in [0.1, 0.15) is 0 Å². The molecule has 2 unspecified atom stereocenters. The van der Waals surface area contributed by atoms with Crippen molar-refractivity contribution in [2.24, 2.45) is 5.92 Å². The smallest absolute Gasteiger partial charge is 0.334 e. The molecule has 0 bridgehead atoms. The molecule has 1 saturated heterocycles. The maximum absolute atomic E-state index is 11.6. The van der Waals surface area contributed by atoms with Gasteiger partial charge in [0.15, 0.2) is 6.10 Å². The van der Waals surface area contributed by atoms with Gasteiger partial charge in [0.05, 0.1) is 12.6 Å². The van der Waals surface area contributed by atoms with Gasteiger partial charge in [0.2, 0.25) is 5.91 Å². The lowest BCUT2D eigenvalue weighted by Gasteiger charge is -2.27. The number of carbonyl (C=O) groups excluding carboxylic acids is 1. The van der Waals surface area contributed by atoms with Crippen LogP contribution in [0.25, 0.3) is 0 Å². The highest BCUT2D eigenvalue weighted by Gasteiger charge is 2.25. The number of carboxylic acid groups (broad SMARTS) is 1. The van der Waals surface area contributed by atoms with Crippen LogP contribution in [-0.2, 0) is 9.59 Å². The van der Waals surface area contributed by atoms with Crippen molar-refractivity contribution < 1.29 is 19.8 Å². The number of aliphatic carboxylic acids is 1. The predicted octanol–water partition coefficient (Wildman–Crippen LogP) is -1.06. The van der Waals surface area contributed by atoms with Crippen LogP contribution in [0.4, 0.5) is 0 Å². The van der Waals surface area contributed by atoms with E-state index < -0.39 is 12.1 Å². The number of amides is 1. The van der Waals surface area contributed by atoms with E-state index in [1.54, 1.807) is 0 Å². The summed E-state index contributed by atoms with van der Waals surface area (Å²) in [6.45, 7) is 2.62. The van der Waals surface area contributed by atoms with Crippen molar-refractivity contribution in [3.05, 3.63) is 0 Å². The molecule has 1 amide bonds. The highest BCUT2D eigenvalue weighted by Crippen LogP contribution is 2.14. The number of rotatable bonds is 4. The van der Waals surface area contributed by atoms with Gasteiger partial charge in [-0.25, -0.2) is 4.79 Å². The molecule has 1 rings (SSSR count). The van der Waals surface area contributed by atoms with E-state index in [0.29, 0.717) is 5.92 Å². The molecule has 6 nitrogen and oxygen atoms in total. The number of aliphatic hydroxyl groups excluding tert-OH is 1. The fourth-order valence-corrected chi connectivity index (χ4v) is 1.72. The van der Waals surface area contributed by atoms with Crippen molar-refractivity contribution in [1.29, 1.82) is 0 Å². The molecule has 6 heteroatoms. The van der Waals surface area contributed by atoms with Crippen LogP contribution in [0.5, 0.6) is 0 Å². The van der Waals surface area contributed by atoms with Crippen LogP contribution in [0.2, 0.25) is 0 Å². The molecule has 0 aromatic carbocycles. The zero-order valence-corrected chi connectivity index (χ0v) is 9.27. The molecule has 3 atom stereocenters. The summed E-state index contributed by atoms with van der Waals surface area (Å²) >= 11 is 0. The molecule has 4 N–H and O–H groups in total. The summed E-state index contributed by atoms with van der Waals surface area (Å²) in [4.78, 5) is 21.9. The van der Waals surface area contributed by atoms with Gasteiger partial charge in [0, 0.05) is 0 Å². The Morgan fingerprint density at radius 2 is 2.25 bits per heavy atom. The van der Waals surface area contributed by atoms with Gasteiger partial charge >= 0.3 is 5.97 Å². The second-order valence-electron chi connectivity index (χ2n) is 4.24. The maximum Gasteiger partial charge on any atom is 0.334 e. The number of nitrogens with one attached hydrogen (secondary N) is 2. The van der Waals surface area contributed by atoms with E-state index in [1.165, 1.54) is 0 Å². The topological polar surface area (TPSA) is 98.7 Å². The molecule has 1 aliphatic heterocycles. The van der Waals surface area contributed by atoms with Crippen LogP contribution in [-0.4, -0.2) is 47.3 Å². The summed E-state index contributed by atoms with van der Waals surface area (Å²) in [5, 5.41) is 22.9. The number of piperidine rings is 1. The summed E-state index contributed by atoms with van der Waals surface area (Å²) in [6, 6.07) is -0.273. The monoisotopic (exact) mass is 230 g/mol. The van der Waals surface area contributed by atoms with Crippen molar-refractivity contribution in [3.8, 4) is 0 Å². The van der Waals surface area contributed by atoms with Crippen LogP contribution in [0.15, 0.2) is 0 Å². The molecule has 0 saturated carbocycles. The molecule has 0 aliphatic carbocycles. The first-order chi connectivity index (χ1) is 7.50. The molecule has 1 aliphatic rings. The van der Waals surface area contributed by atoms with Gasteiger partial charge in [0.25, 0.3) is 0 Å². The second kappa shape index (κ2) is 5.81. The minimum absolute atomic E-state index is 0.244. The SMILES string of the molecule is CC1CCNC(C(=O)NC[C@H](O)C(=O)O)C1. The van der Waals surface area contributed by atoms with Gasteiger partial charge in [-0.05, 0) is 25.3 Å². The Bertz CT molecular complexity index is 270. The maximum atomic E-state index is 11.6. The van der Waals surface area contributed by atoms with Gasteiger partial charge in [-0.3, -0.25) is 4.79 Å². The lowest BCUT2D eigenvalue weighted by atomic mass is 9.94. The molecule has 0 aromatic heterocycles. The van der Waals surface area contributed by atoms with E-state index in [1.807, 2.05) is 0 Å². The van der Waals surface area contributed by atoms with E-state index in [9.17, 15) is 9.59 Å². The fourth-order valence-electron chi connectivity index (χ4n) is 1.72. The minimum Gasteiger partial charge on any atom is -0.479 e. The number of carbonyl (C=O) groups is 2. The van der Waals surface area contributed by atoms with Gasteiger partial charge in [-0.2, -0.15) is 0 Å². The van der Waals surface area contributed by atoms with Gasteiger partial charge in [-0.15, -0.1) is 0 Å². The molecule has 1 heterocycles. The molecular weight excluding hydrogens is 212 g/mol. The fraction of sp³-hybridized carbons (Fsp3) is 0.800. The minimum atomic E-state index is -1.54. The van der Waals surface area contributed by atoms with Crippen LogP contribution in [0.3, 0.4) is 0 Å². The molecule has 1 fully saturated rings. The van der Waals surface area contributed by atoms with E-state index in [0.717, 1.165) is 19.4 Å². The number of carboxylic acids is 1. The Balaban J connectivity index is 2.31. The van der Waals surface area contributed by atoms with Crippen molar-refractivity contribution >= 4 is 11.9 Å². The summed E-state index contributed by atoms with van der Waals surface area (Å²) in [7, 11) is 0. The molecule has 0 aromatic rings. The summed E-state index contributed by atoms with van der Waals surface area (Å²) in [5.74, 6) is -1.08. The van der Waals surface area contributed by atoms with E-state index in [-0.39, 0.29) is 18.5 Å². The van der Waals surface area contributed by atoms with Crippen LogP contribution in [0, 0.1) is 5.92 Å². The summed E-state index contributed by atoms with van der Waals surface area (Å²) in [6.07, 6.45) is 0.251. The molecule has 92 valence electrons. The zero-order chi connectivity index (χ0) is 12.1.